The van der Waals surface area contributed by atoms with Crippen molar-refractivity contribution >= 4 is 34.4 Å². The van der Waals surface area contributed by atoms with Crippen molar-refractivity contribution < 1.29 is 14.3 Å². The van der Waals surface area contributed by atoms with E-state index in [1.165, 1.54) is 6.92 Å². The van der Waals surface area contributed by atoms with E-state index in [-0.39, 0.29) is 5.91 Å². The van der Waals surface area contributed by atoms with Crippen molar-refractivity contribution in [3.05, 3.63) is 30.6 Å². The number of hydrogen-bond donors (Lipinski definition) is 2. The Morgan fingerprint density at radius 2 is 2.26 bits per heavy atom. The van der Waals surface area contributed by atoms with Crippen molar-refractivity contribution in [2.45, 2.75) is 11.9 Å². The molecule has 4 rings (SSSR count). The second kappa shape index (κ2) is 7.58. The largest absolute Gasteiger partial charge is 0.493 e. The van der Waals surface area contributed by atoms with Gasteiger partial charge in [-0.25, -0.2) is 9.97 Å². The summed E-state index contributed by atoms with van der Waals surface area (Å²) in [5.41, 5.74) is 2.63. The number of carbonyl (C=O) groups excluding carboxylic acids is 1. The lowest BCUT2D eigenvalue weighted by Gasteiger charge is -2.25. The van der Waals surface area contributed by atoms with Crippen LogP contribution in [0.5, 0.6) is 5.75 Å². The molecule has 0 atom stereocenters. The molecule has 0 aromatic carbocycles. The summed E-state index contributed by atoms with van der Waals surface area (Å²) in [5.74, 6) is 1.61. The molecule has 1 aliphatic rings. The van der Waals surface area contributed by atoms with Crippen LogP contribution in [0.25, 0.3) is 22.2 Å². The number of aromatic nitrogens is 3. The van der Waals surface area contributed by atoms with Gasteiger partial charge in [-0.05, 0) is 12.3 Å². The van der Waals surface area contributed by atoms with Gasteiger partial charge in [0.25, 0.3) is 0 Å². The number of aromatic amines is 1. The average molecular weight is 384 g/mol. The van der Waals surface area contributed by atoms with Gasteiger partial charge >= 0.3 is 0 Å². The summed E-state index contributed by atoms with van der Waals surface area (Å²) in [6, 6.07) is 5.75. The minimum atomic E-state index is -0.155. The third-order valence-corrected chi connectivity index (χ3v) is 4.95. The minimum absolute atomic E-state index is 0.155. The van der Waals surface area contributed by atoms with E-state index in [1.807, 2.05) is 30.7 Å². The van der Waals surface area contributed by atoms with Crippen LogP contribution in [0, 0.1) is 5.92 Å². The molecule has 140 valence electrons. The highest BCUT2D eigenvalue weighted by molar-refractivity contribution is 7.98. The molecule has 1 aliphatic heterocycles. The molecule has 3 aromatic rings. The summed E-state index contributed by atoms with van der Waals surface area (Å²) in [5, 5.41) is 4.55. The lowest BCUT2D eigenvalue weighted by Crippen LogP contribution is -2.32. The van der Waals surface area contributed by atoms with Crippen LogP contribution in [-0.2, 0) is 9.53 Å². The van der Waals surface area contributed by atoms with Gasteiger partial charge in [0.15, 0.2) is 0 Å². The van der Waals surface area contributed by atoms with Crippen LogP contribution in [-0.4, -0.2) is 46.9 Å². The first-order valence-electron chi connectivity index (χ1n) is 8.64. The number of ether oxygens (including phenoxy) is 2. The van der Waals surface area contributed by atoms with Crippen LogP contribution in [0.3, 0.4) is 0 Å². The Kier molecular flexibility index (Phi) is 5.00. The normalized spacial score (nSPS) is 14.1. The van der Waals surface area contributed by atoms with Crippen LogP contribution in [0.4, 0.5) is 5.82 Å². The number of amides is 1. The maximum atomic E-state index is 11.3. The van der Waals surface area contributed by atoms with Crippen molar-refractivity contribution in [3.63, 3.8) is 0 Å². The summed E-state index contributed by atoms with van der Waals surface area (Å²) >= 11 is 1.57. The molecule has 7 nitrogen and oxygen atoms in total. The molecule has 2 N–H and O–H groups in total. The van der Waals surface area contributed by atoms with Crippen molar-refractivity contribution in [3.8, 4) is 17.0 Å². The highest BCUT2D eigenvalue weighted by Gasteiger charge is 2.19. The molecular weight excluding hydrogens is 364 g/mol. The lowest BCUT2D eigenvalue weighted by molar-refractivity contribution is -0.114. The van der Waals surface area contributed by atoms with Crippen molar-refractivity contribution in [1.29, 1.82) is 0 Å². The van der Waals surface area contributed by atoms with Gasteiger partial charge in [-0.15, -0.1) is 11.8 Å². The minimum Gasteiger partial charge on any atom is -0.493 e. The van der Waals surface area contributed by atoms with E-state index in [0.717, 1.165) is 46.1 Å². The molecule has 4 heterocycles. The predicted molar refractivity (Wildman–Crippen MR) is 105 cm³/mol. The Labute approximate surface area is 160 Å². The average Bonchev–Trinajstić information content (AvgIpc) is 3.03. The first-order chi connectivity index (χ1) is 13.1. The van der Waals surface area contributed by atoms with Gasteiger partial charge in [0.1, 0.15) is 16.6 Å². The topological polar surface area (TPSA) is 89.1 Å². The van der Waals surface area contributed by atoms with E-state index >= 15 is 0 Å². The zero-order valence-electron chi connectivity index (χ0n) is 15.1. The molecule has 0 saturated carbocycles. The Balaban J connectivity index is 1.69. The van der Waals surface area contributed by atoms with Crippen molar-refractivity contribution in [2.75, 3.05) is 31.4 Å². The van der Waals surface area contributed by atoms with E-state index in [1.54, 1.807) is 18.0 Å². The van der Waals surface area contributed by atoms with Crippen LogP contribution >= 0.6 is 11.8 Å². The molecule has 1 amide bonds. The van der Waals surface area contributed by atoms with Gasteiger partial charge in [0.2, 0.25) is 5.91 Å². The first kappa shape index (κ1) is 17.8. The third kappa shape index (κ3) is 3.91. The molecule has 3 aromatic heterocycles. The summed E-state index contributed by atoms with van der Waals surface area (Å²) in [4.78, 5) is 23.5. The van der Waals surface area contributed by atoms with Gasteiger partial charge in [-0.2, -0.15) is 0 Å². The monoisotopic (exact) mass is 384 g/mol. The number of thioether (sulfide) groups is 1. The zero-order valence-corrected chi connectivity index (χ0v) is 15.9. The maximum Gasteiger partial charge on any atom is 0.222 e. The maximum absolute atomic E-state index is 11.3. The third-order valence-electron chi connectivity index (χ3n) is 4.32. The molecule has 1 saturated heterocycles. The smallest absolute Gasteiger partial charge is 0.222 e. The number of nitrogens with zero attached hydrogens (tertiary/aromatic N) is 2. The molecule has 0 spiro atoms. The van der Waals surface area contributed by atoms with E-state index in [2.05, 4.69) is 15.3 Å². The van der Waals surface area contributed by atoms with Crippen LogP contribution < -0.4 is 10.1 Å². The van der Waals surface area contributed by atoms with Crippen LogP contribution in [0.15, 0.2) is 35.6 Å². The predicted octanol–water partition coefficient (Wildman–Crippen LogP) is 3.33. The number of pyridine rings is 2. The van der Waals surface area contributed by atoms with Crippen molar-refractivity contribution in [1.82, 2.24) is 15.0 Å². The molecule has 1 fully saturated rings. The SMILES string of the molecule is CSc1cc(OCC2COC2)cc(-c2c[nH]c3cnc(NC(C)=O)cc23)n1. The molecule has 0 radical (unpaired) electrons. The molecule has 8 heteroatoms. The van der Waals surface area contributed by atoms with Gasteiger partial charge in [0.05, 0.1) is 37.2 Å². The quantitative estimate of drug-likeness (QED) is 0.634. The zero-order chi connectivity index (χ0) is 18.8. The Morgan fingerprint density at radius 3 is 2.96 bits per heavy atom. The Morgan fingerprint density at radius 1 is 1.41 bits per heavy atom. The number of nitrogens with one attached hydrogen (secondary N) is 2. The van der Waals surface area contributed by atoms with E-state index < -0.39 is 0 Å². The Hall–Kier alpha value is -2.58. The fraction of sp³-hybridized carbons (Fsp3) is 0.316. The number of rotatable bonds is 6. The Bertz CT molecular complexity index is 984. The highest BCUT2D eigenvalue weighted by atomic mass is 32.2. The second-order valence-corrected chi connectivity index (χ2v) is 7.27. The summed E-state index contributed by atoms with van der Waals surface area (Å²) in [6.45, 7) is 3.62. The summed E-state index contributed by atoms with van der Waals surface area (Å²) in [7, 11) is 0. The molecule has 0 aliphatic carbocycles. The number of H-pyrrole nitrogens is 1. The molecule has 0 unspecified atom stereocenters. The number of carbonyl (C=O) groups is 1. The highest BCUT2D eigenvalue weighted by Crippen LogP contribution is 2.32. The van der Waals surface area contributed by atoms with E-state index in [0.29, 0.717) is 18.3 Å². The fourth-order valence-corrected chi connectivity index (χ4v) is 3.31. The standard InChI is InChI=1S/C19H20N4O3S/c1-11(24)22-18-5-14-15(6-20-17(14)7-21-18)16-3-13(4-19(23-16)27-2)26-10-12-8-25-9-12/h3-7,12,20H,8-10H2,1-2H3,(H,21,22,24). The number of fused-ring (bicyclic) bond motifs is 1. The molecule has 27 heavy (non-hydrogen) atoms. The van der Waals surface area contributed by atoms with Gasteiger partial charge < -0.3 is 19.8 Å². The van der Waals surface area contributed by atoms with Gasteiger partial charge in [-0.1, -0.05) is 0 Å². The number of hydrogen-bond acceptors (Lipinski definition) is 6. The number of anilines is 1. The van der Waals surface area contributed by atoms with Crippen LogP contribution in [0.1, 0.15) is 6.92 Å². The summed E-state index contributed by atoms with van der Waals surface area (Å²) < 4.78 is 11.2. The lowest BCUT2D eigenvalue weighted by atomic mass is 10.1. The fourth-order valence-electron chi connectivity index (χ4n) is 2.88. The first-order valence-corrected chi connectivity index (χ1v) is 9.86. The van der Waals surface area contributed by atoms with E-state index in [9.17, 15) is 4.79 Å². The molecule has 0 bridgehead atoms. The molecular formula is C19H20N4O3S. The van der Waals surface area contributed by atoms with Gasteiger partial charge in [0, 0.05) is 42.1 Å². The second-order valence-electron chi connectivity index (χ2n) is 6.44. The van der Waals surface area contributed by atoms with Crippen molar-refractivity contribution in [2.24, 2.45) is 5.92 Å². The van der Waals surface area contributed by atoms with Gasteiger partial charge in [-0.3, -0.25) is 4.79 Å². The van der Waals surface area contributed by atoms with E-state index in [4.69, 9.17) is 14.5 Å². The summed E-state index contributed by atoms with van der Waals surface area (Å²) in [6.07, 6.45) is 5.60. The van der Waals surface area contributed by atoms with Crippen LogP contribution in [0.2, 0.25) is 0 Å².